The summed E-state index contributed by atoms with van der Waals surface area (Å²) in [4.78, 5) is 0. The quantitative estimate of drug-likeness (QED) is 0.821. The number of nitriles is 1. The molecule has 2 rings (SSSR count). The first-order valence-corrected chi connectivity index (χ1v) is 6.75. The van der Waals surface area contributed by atoms with Gasteiger partial charge >= 0.3 is 0 Å². The van der Waals surface area contributed by atoms with Crippen LogP contribution in [0.25, 0.3) is 0 Å². The maximum atomic E-state index is 8.58. The molecule has 3 heteroatoms. The Balaban J connectivity index is 2.00. The van der Waals surface area contributed by atoms with Crippen LogP contribution in [0.15, 0.2) is 24.3 Å². The summed E-state index contributed by atoms with van der Waals surface area (Å²) in [6, 6.07) is 10.4. The van der Waals surface area contributed by atoms with Gasteiger partial charge in [0.25, 0.3) is 0 Å². The van der Waals surface area contributed by atoms with E-state index in [0.29, 0.717) is 6.04 Å². The fraction of sp³-hybridized carbons (Fsp3) is 0.533. The average molecular weight is 244 g/mol. The SMILES string of the molecule is N#CCOc1ccccc1NC1CCCCCC1. The summed E-state index contributed by atoms with van der Waals surface area (Å²) in [6.45, 7) is 0.101. The molecular formula is C15H20N2O. The molecule has 0 unspecified atom stereocenters. The lowest BCUT2D eigenvalue weighted by Crippen LogP contribution is -2.18. The van der Waals surface area contributed by atoms with E-state index in [0.717, 1.165) is 11.4 Å². The standard InChI is InChI=1S/C15H20N2O/c16-11-12-18-15-10-6-5-9-14(15)17-13-7-3-1-2-4-8-13/h5-6,9-10,13,17H,1-4,7-8,12H2. The summed E-state index contributed by atoms with van der Waals surface area (Å²) in [5.74, 6) is 0.781. The minimum atomic E-state index is 0.101. The zero-order valence-corrected chi connectivity index (χ0v) is 10.7. The molecule has 1 N–H and O–H groups in total. The summed E-state index contributed by atoms with van der Waals surface area (Å²) < 4.78 is 5.44. The molecule has 0 aliphatic heterocycles. The van der Waals surface area contributed by atoms with Gasteiger partial charge in [-0.05, 0) is 25.0 Å². The van der Waals surface area contributed by atoms with Crippen LogP contribution in [0.5, 0.6) is 5.75 Å². The van der Waals surface area contributed by atoms with E-state index in [2.05, 4.69) is 5.32 Å². The van der Waals surface area contributed by atoms with E-state index in [-0.39, 0.29) is 6.61 Å². The maximum Gasteiger partial charge on any atom is 0.174 e. The number of nitrogens with zero attached hydrogens (tertiary/aromatic N) is 1. The second-order valence-electron chi connectivity index (χ2n) is 4.78. The van der Waals surface area contributed by atoms with E-state index >= 15 is 0 Å². The van der Waals surface area contributed by atoms with E-state index in [1.807, 2.05) is 30.3 Å². The highest BCUT2D eigenvalue weighted by Crippen LogP contribution is 2.27. The summed E-state index contributed by atoms with van der Waals surface area (Å²) >= 11 is 0. The molecule has 0 saturated heterocycles. The number of hydrogen-bond acceptors (Lipinski definition) is 3. The van der Waals surface area contributed by atoms with Crippen molar-refractivity contribution in [3.05, 3.63) is 24.3 Å². The van der Waals surface area contributed by atoms with Crippen LogP contribution in [0.3, 0.4) is 0 Å². The maximum absolute atomic E-state index is 8.58. The minimum absolute atomic E-state index is 0.101. The van der Waals surface area contributed by atoms with E-state index in [1.165, 1.54) is 38.5 Å². The van der Waals surface area contributed by atoms with E-state index in [1.54, 1.807) is 0 Å². The molecule has 0 spiro atoms. The lowest BCUT2D eigenvalue weighted by molar-refractivity contribution is 0.369. The Bertz CT molecular complexity index is 403. The summed E-state index contributed by atoms with van der Waals surface area (Å²) in [6.07, 6.45) is 7.77. The largest absolute Gasteiger partial charge is 0.477 e. The van der Waals surface area contributed by atoms with Crippen molar-refractivity contribution in [3.63, 3.8) is 0 Å². The van der Waals surface area contributed by atoms with Crippen molar-refractivity contribution in [1.82, 2.24) is 0 Å². The Morgan fingerprint density at radius 2 is 1.89 bits per heavy atom. The molecule has 96 valence electrons. The third-order valence-electron chi connectivity index (χ3n) is 3.39. The molecule has 0 heterocycles. The Hall–Kier alpha value is -1.69. The van der Waals surface area contributed by atoms with Gasteiger partial charge in [-0.3, -0.25) is 0 Å². The third kappa shape index (κ3) is 3.66. The summed E-state index contributed by atoms with van der Waals surface area (Å²) in [5, 5.41) is 12.1. The van der Waals surface area contributed by atoms with Gasteiger partial charge in [0.05, 0.1) is 5.69 Å². The summed E-state index contributed by atoms with van der Waals surface area (Å²) in [7, 11) is 0. The first kappa shape index (κ1) is 12.8. The molecule has 1 aromatic carbocycles. The molecule has 1 aromatic rings. The lowest BCUT2D eigenvalue weighted by Gasteiger charge is -2.19. The first-order chi connectivity index (χ1) is 8.90. The zero-order chi connectivity index (χ0) is 12.6. The van der Waals surface area contributed by atoms with Gasteiger partial charge in [-0.25, -0.2) is 0 Å². The van der Waals surface area contributed by atoms with Gasteiger partial charge in [-0.1, -0.05) is 37.8 Å². The van der Waals surface area contributed by atoms with Crippen molar-refractivity contribution in [2.24, 2.45) is 0 Å². The normalized spacial score (nSPS) is 16.6. The number of para-hydroxylation sites is 2. The number of benzene rings is 1. The van der Waals surface area contributed by atoms with Gasteiger partial charge in [0.1, 0.15) is 11.8 Å². The van der Waals surface area contributed by atoms with Crippen molar-refractivity contribution in [2.45, 2.75) is 44.6 Å². The van der Waals surface area contributed by atoms with Crippen LogP contribution < -0.4 is 10.1 Å². The highest BCUT2D eigenvalue weighted by Gasteiger charge is 2.13. The van der Waals surface area contributed by atoms with E-state index in [9.17, 15) is 0 Å². The molecule has 1 aliphatic rings. The van der Waals surface area contributed by atoms with Gasteiger partial charge in [-0.2, -0.15) is 5.26 Å². The molecule has 1 saturated carbocycles. The van der Waals surface area contributed by atoms with Gasteiger partial charge in [0, 0.05) is 6.04 Å². The predicted octanol–water partition coefficient (Wildman–Crippen LogP) is 3.72. The summed E-state index contributed by atoms with van der Waals surface area (Å²) in [5.41, 5.74) is 1.01. The van der Waals surface area contributed by atoms with Crippen LogP contribution in [-0.4, -0.2) is 12.6 Å². The Kier molecular flexibility index (Phi) is 4.89. The Morgan fingerprint density at radius 3 is 2.61 bits per heavy atom. The van der Waals surface area contributed by atoms with E-state index in [4.69, 9.17) is 10.00 Å². The van der Waals surface area contributed by atoms with Gasteiger partial charge in [0.15, 0.2) is 6.61 Å². The molecule has 0 amide bonds. The fourth-order valence-corrected chi connectivity index (χ4v) is 2.47. The van der Waals surface area contributed by atoms with Crippen molar-refractivity contribution < 1.29 is 4.74 Å². The monoisotopic (exact) mass is 244 g/mol. The second-order valence-corrected chi connectivity index (χ2v) is 4.78. The lowest BCUT2D eigenvalue weighted by atomic mass is 10.1. The minimum Gasteiger partial charge on any atom is -0.477 e. The number of ether oxygens (including phenoxy) is 1. The smallest absolute Gasteiger partial charge is 0.174 e. The van der Waals surface area contributed by atoms with Crippen LogP contribution in [0.1, 0.15) is 38.5 Å². The third-order valence-corrected chi connectivity index (χ3v) is 3.39. The van der Waals surface area contributed by atoms with Crippen molar-refractivity contribution in [2.75, 3.05) is 11.9 Å². The zero-order valence-electron chi connectivity index (χ0n) is 10.7. The number of anilines is 1. The number of rotatable bonds is 4. The molecule has 0 radical (unpaired) electrons. The highest BCUT2D eigenvalue weighted by molar-refractivity contribution is 5.56. The average Bonchev–Trinajstić information content (AvgIpc) is 2.66. The Morgan fingerprint density at radius 1 is 1.17 bits per heavy atom. The molecule has 0 bridgehead atoms. The van der Waals surface area contributed by atoms with Crippen molar-refractivity contribution in [3.8, 4) is 11.8 Å². The molecular weight excluding hydrogens is 224 g/mol. The predicted molar refractivity (Wildman–Crippen MR) is 72.7 cm³/mol. The topological polar surface area (TPSA) is 45.0 Å². The fourth-order valence-electron chi connectivity index (χ4n) is 2.47. The molecule has 0 aromatic heterocycles. The first-order valence-electron chi connectivity index (χ1n) is 6.75. The van der Waals surface area contributed by atoms with Crippen LogP contribution in [0.2, 0.25) is 0 Å². The van der Waals surface area contributed by atoms with Crippen molar-refractivity contribution in [1.29, 1.82) is 5.26 Å². The van der Waals surface area contributed by atoms with Gasteiger partial charge in [-0.15, -0.1) is 0 Å². The molecule has 0 atom stereocenters. The molecule has 1 aliphatic carbocycles. The van der Waals surface area contributed by atoms with Crippen LogP contribution in [0.4, 0.5) is 5.69 Å². The van der Waals surface area contributed by atoms with Crippen LogP contribution in [0, 0.1) is 11.3 Å². The molecule has 3 nitrogen and oxygen atoms in total. The van der Waals surface area contributed by atoms with E-state index < -0.39 is 0 Å². The number of hydrogen-bond donors (Lipinski definition) is 1. The second kappa shape index (κ2) is 6.90. The van der Waals surface area contributed by atoms with Gasteiger partial charge in [0.2, 0.25) is 0 Å². The molecule has 18 heavy (non-hydrogen) atoms. The Labute approximate surface area is 109 Å². The van der Waals surface area contributed by atoms with Crippen molar-refractivity contribution >= 4 is 5.69 Å². The highest BCUT2D eigenvalue weighted by atomic mass is 16.5. The number of nitrogens with one attached hydrogen (secondary N) is 1. The van der Waals surface area contributed by atoms with Crippen LogP contribution in [-0.2, 0) is 0 Å². The molecule has 1 fully saturated rings. The van der Waals surface area contributed by atoms with Gasteiger partial charge < -0.3 is 10.1 Å². The van der Waals surface area contributed by atoms with Crippen LogP contribution >= 0.6 is 0 Å².